The number of para-hydroxylation sites is 2. The minimum absolute atomic E-state index is 0.0261. The number of carbonyl (C=O) groups excluding carboxylic acids is 1. The Morgan fingerprint density at radius 1 is 0.769 bits per heavy atom. The first-order valence-corrected chi connectivity index (χ1v) is 8.44. The first kappa shape index (κ1) is 16.1. The number of hydrogen-bond acceptors (Lipinski definition) is 2. The average molecular weight is 342 g/mol. The van der Waals surface area contributed by atoms with Crippen molar-refractivity contribution in [2.45, 2.75) is 6.92 Å². The van der Waals surface area contributed by atoms with Crippen LogP contribution in [0.15, 0.2) is 77.6 Å². The van der Waals surface area contributed by atoms with Crippen molar-refractivity contribution in [3.8, 4) is 5.69 Å². The first-order chi connectivity index (χ1) is 12.6. The summed E-state index contributed by atoms with van der Waals surface area (Å²) in [6, 6.07) is 22.4. The lowest BCUT2D eigenvalue weighted by Crippen LogP contribution is -2.20. The number of rotatable bonds is 3. The zero-order valence-corrected chi connectivity index (χ0v) is 14.6. The molecule has 128 valence electrons. The first-order valence-electron chi connectivity index (χ1n) is 8.44. The normalized spacial score (nSPS) is 11.0. The molecule has 0 amide bonds. The zero-order chi connectivity index (χ0) is 18.3. The standard InChI is InChI=1S/C22H18N2O2/c1-15-7-9-16(10-8-15)21(25)17-11-13-18(14-12-17)24-20-6-4-3-5-19(20)23(2)22(24)26/h3-14H,1-2H3. The summed E-state index contributed by atoms with van der Waals surface area (Å²) in [6.07, 6.45) is 0. The molecule has 0 saturated heterocycles. The van der Waals surface area contributed by atoms with Crippen LogP contribution in [0.2, 0.25) is 0 Å². The highest BCUT2D eigenvalue weighted by molar-refractivity contribution is 6.09. The third-order valence-electron chi connectivity index (χ3n) is 4.66. The summed E-state index contributed by atoms with van der Waals surface area (Å²) >= 11 is 0. The molecule has 4 heteroatoms. The largest absolute Gasteiger partial charge is 0.333 e. The number of aromatic nitrogens is 2. The van der Waals surface area contributed by atoms with Gasteiger partial charge in [-0.2, -0.15) is 0 Å². The quantitative estimate of drug-likeness (QED) is 0.531. The molecule has 0 aliphatic rings. The van der Waals surface area contributed by atoms with Crippen LogP contribution in [0.25, 0.3) is 16.7 Å². The highest BCUT2D eigenvalue weighted by atomic mass is 16.1. The van der Waals surface area contributed by atoms with E-state index in [0.717, 1.165) is 22.3 Å². The predicted octanol–water partition coefficient (Wildman–Crippen LogP) is 3.87. The summed E-state index contributed by atoms with van der Waals surface area (Å²) in [6.45, 7) is 1.99. The molecular weight excluding hydrogens is 324 g/mol. The summed E-state index contributed by atoms with van der Waals surface area (Å²) < 4.78 is 3.29. The van der Waals surface area contributed by atoms with E-state index in [2.05, 4.69) is 0 Å². The van der Waals surface area contributed by atoms with Crippen molar-refractivity contribution in [2.24, 2.45) is 7.05 Å². The monoisotopic (exact) mass is 342 g/mol. The van der Waals surface area contributed by atoms with Crippen LogP contribution in [0, 0.1) is 6.92 Å². The zero-order valence-electron chi connectivity index (χ0n) is 14.6. The lowest BCUT2D eigenvalue weighted by atomic mass is 10.0. The van der Waals surface area contributed by atoms with Crippen LogP contribution >= 0.6 is 0 Å². The Morgan fingerprint density at radius 2 is 1.31 bits per heavy atom. The Balaban J connectivity index is 1.75. The minimum atomic E-state index is -0.108. The fourth-order valence-corrected chi connectivity index (χ4v) is 3.18. The molecule has 4 nitrogen and oxygen atoms in total. The van der Waals surface area contributed by atoms with Crippen molar-refractivity contribution in [3.63, 3.8) is 0 Å². The van der Waals surface area contributed by atoms with Crippen LogP contribution in [0.1, 0.15) is 21.5 Å². The Labute approximate surface area is 150 Å². The maximum Gasteiger partial charge on any atom is 0.333 e. The molecule has 26 heavy (non-hydrogen) atoms. The van der Waals surface area contributed by atoms with Gasteiger partial charge in [0, 0.05) is 18.2 Å². The lowest BCUT2D eigenvalue weighted by molar-refractivity contribution is 0.103. The van der Waals surface area contributed by atoms with Gasteiger partial charge in [-0.3, -0.25) is 13.9 Å². The van der Waals surface area contributed by atoms with Gasteiger partial charge in [0.1, 0.15) is 0 Å². The van der Waals surface area contributed by atoms with E-state index in [1.165, 1.54) is 0 Å². The molecule has 0 bridgehead atoms. The summed E-state index contributed by atoms with van der Waals surface area (Å²) in [5, 5.41) is 0. The topological polar surface area (TPSA) is 44.0 Å². The SMILES string of the molecule is Cc1ccc(C(=O)c2ccc(-n3c(=O)n(C)c4ccccc43)cc2)cc1. The second-order valence-corrected chi connectivity index (χ2v) is 6.41. The Kier molecular flexibility index (Phi) is 3.81. The molecule has 0 unspecified atom stereocenters. The molecule has 0 radical (unpaired) electrons. The number of nitrogens with zero attached hydrogens (tertiary/aromatic N) is 2. The Morgan fingerprint density at radius 3 is 1.92 bits per heavy atom. The Hall–Kier alpha value is -3.40. The van der Waals surface area contributed by atoms with Gasteiger partial charge < -0.3 is 0 Å². The van der Waals surface area contributed by atoms with E-state index < -0.39 is 0 Å². The molecular formula is C22H18N2O2. The molecule has 0 saturated carbocycles. The Bertz CT molecular complexity index is 1160. The average Bonchev–Trinajstić information content (AvgIpc) is 2.93. The molecule has 1 aromatic heterocycles. The molecule has 0 spiro atoms. The second kappa shape index (κ2) is 6.15. The molecule has 4 rings (SSSR count). The van der Waals surface area contributed by atoms with Crippen molar-refractivity contribution < 1.29 is 4.79 Å². The van der Waals surface area contributed by atoms with E-state index in [9.17, 15) is 9.59 Å². The summed E-state index contributed by atoms with van der Waals surface area (Å²) in [4.78, 5) is 25.2. The number of hydrogen-bond donors (Lipinski definition) is 0. The van der Waals surface area contributed by atoms with Gasteiger partial charge in [-0.25, -0.2) is 4.79 Å². The number of fused-ring (bicyclic) bond motifs is 1. The van der Waals surface area contributed by atoms with Crippen molar-refractivity contribution in [1.82, 2.24) is 9.13 Å². The lowest BCUT2D eigenvalue weighted by Gasteiger charge is -2.06. The molecule has 0 N–H and O–H groups in total. The van der Waals surface area contributed by atoms with E-state index in [1.807, 2.05) is 67.6 Å². The third-order valence-corrected chi connectivity index (χ3v) is 4.66. The molecule has 0 aliphatic carbocycles. The minimum Gasteiger partial charge on any atom is -0.295 e. The number of benzene rings is 3. The number of carbonyl (C=O) groups is 1. The van der Waals surface area contributed by atoms with Gasteiger partial charge in [-0.05, 0) is 43.3 Å². The summed E-state index contributed by atoms with van der Waals surface area (Å²) in [5.41, 5.74) is 4.73. The maximum atomic E-state index is 12.6. The van der Waals surface area contributed by atoms with Crippen LogP contribution in [0.5, 0.6) is 0 Å². The maximum absolute atomic E-state index is 12.6. The van der Waals surface area contributed by atoms with Gasteiger partial charge in [-0.1, -0.05) is 42.0 Å². The second-order valence-electron chi connectivity index (χ2n) is 6.41. The van der Waals surface area contributed by atoms with Crippen molar-refractivity contribution in [1.29, 1.82) is 0 Å². The molecule has 1 heterocycles. The molecule has 0 fully saturated rings. The summed E-state index contributed by atoms with van der Waals surface area (Å²) in [7, 11) is 1.76. The third kappa shape index (κ3) is 2.56. The summed E-state index contributed by atoms with van der Waals surface area (Å²) in [5.74, 6) is -0.0261. The highest BCUT2D eigenvalue weighted by Gasteiger charge is 2.13. The van der Waals surface area contributed by atoms with Crippen LogP contribution in [-0.2, 0) is 7.05 Å². The highest BCUT2D eigenvalue weighted by Crippen LogP contribution is 2.18. The van der Waals surface area contributed by atoms with Gasteiger partial charge in [0.15, 0.2) is 5.78 Å². The van der Waals surface area contributed by atoms with Gasteiger partial charge in [0.2, 0.25) is 0 Å². The van der Waals surface area contributed by atoms with Gasteiger partial charge >= 0.3 is 5.69 Å². The molecule has 4 aromatic rings. The van der Waals surface area contributed by atoms with Crippen LogP contribution < -0.4 is 5.69 Å². The van der Waals surface area contributed by atoms with E-state index in [-0.39, 0.29) is 11.5 Å². The fraction of sp³-hybridized carbons (Fsp3) is 0.0909. The molecule has 0 atom stereocenters. The number of aryl methyl sites for hydroxylation is 2. The van der Waals surface area contributed by atoms with Crippen LogP contribution in [-0.4, -0.2) is 14.9 Å². The van der Waals surface area contributed by atoms with E-state index in [1.54, 1.807) is 28.3 Å². The van der Waals surface area contributed by atoms with E-state index >= 15 is 0 Å². The predicted molar refractivity (Wildman–Crippen MR) is 103 cm³/mol. The smallest absolute Gasteiger partial charge is 0.295 e. The fourth-order valence-electron chi connectivity index (χ4n) is 3.18. The van der Waals surface area contributed by atoms with Crippen LogP contribution in [0.4, 0.5) is 0 Å². The van der Waals surface area contributed by atoms with Crippen molar-refractivity contribution >= 4 is 16.8 Å². The van der Waals surface area contributed by atoms with Crippen LogP contribution in [0.3, 0.4) is 0 Å². The van der Waals surface area contributed by atoms with E-state index in [0.29, 0.717) is 11.1 Å². The van der Waals surface area contributed by atoms with Gasteiger partial charge in [0.05, 0.1) is 16.7 Å². The number of ketones is 1. The van der Waals surface area contributed by atoms with Gasteiger partial charge in [0.25, 0.3) is 0 Å². The van der Waals surface area contributed by atoms with Crippen molar-refractivity contribution in [2.75, 3.05) is 0 Å². The molecule has 3 aromatic carbocycles. The van der Waals surface area contributed by atoms with E-state index in [4.69, 9.17) is 0 Å². The van der Waals surface area contributed by atoms with Crippen molar-refractivity contribution in [3.05, 3.63) is 100.0 Å². The molecule has 0 aliphatic heterocycles. The van der Waals surface area contributed by atoms with Gasteiger partial charge in [-0.15, -0.1) is 0 Å². The number of imidazole rings is 1.